The Morgan fingerprint density at radius 2 is 0.893 bits per heavy atom. The second-order valence-corrected chi connectivity index (χ2v) is 42.7. The first-order chi connectivity index (χ1) is 52.1. The molecule has 0 unspecified atom stereocenters. The van der Waals surface area contributed by atoms with E-state index in [1.807, 2.05) is 41.3 Å². The van der Waals surface area contributed by atoms with Crippen molar-refractivity contribution in [3.05, 3.63) is 92.0 Å². The number of Topliss-reactive ketones (excluding diaryl/α,β-unsaturated/α-hetero) is 2. The van der Waals surface area contributed by atoms with E-state index in [-0.39, 0.29) is 96.9 Å². The van der Waals surface area contributed by atoms with Crippen molar-refractivity contribution in [2.24, 2.45) is 112 Å². The SMILES string of the molecule is CC(=O)N(CC[C@@]12CC[C@]3(C)[C@H](CC[C@@H]4[C@@]5(C)CC[C@H](OC(=O)CC(C)(C)C(=O)O)C(C)(C)[C@@H]5CC[C@]43C)C1=C(C(C)C)C(=O)C2)Cc1ccc(Cl)cc1.CC(C)C1=C2[C@H]3CC[C@@H]4[C@@]5(C)CC[C@H](OC(=O)CC(C)(C)C(=O)O)C(C)(C)[C@@H]5CC[C@@]4(C)[C@]3(C)CC[C@@]2(CCNCc2ccc(Cl)cc2)CC1=O.CCN(CC)CC. The third kappa shape index (κ3) is 16.2. The van der Waals surface area contributed by atoms with Gasteiger partial charge < -0.3 is 34.8 Å². The van der Waals surface area contributed by atoms with E-state index in [2.05, 4.69) is 140 Å². The summed E-state index contributed by atoms with van der Waals surface area (Å²) >= 11 is 12.3. The van der Waals surface area contributed by atoms with Crippen molar-refractivity contribution in [2.45, 2.75) is 319 Å². The summed E-state index contributed by atoms with van der Waals surface area (Å²) in [7, 11) is 0. The molecule has 14 nitrogen and oxygen atoms in total. The minimum Gasteiger partial charge on any atom is -0.481 e. The van der Waals surface area contributed by atoms with Crippen molar-refractivity contribution >= 4 is 64.6 Å². The molecule has 3 N–H and O–H groups in total. The van der Waals surface area contributed by atoms with Gasteiger partial charge in [0, 0.05) is 71.1 Å². The van der Waals surface area contributed by atoms with Gasteiger partial charge in [-0.1, -0.05) is 176 Å². The number of ketones is 2. The van der Waals surface area contributed by atoms with Crippen LogP contribution in [0.1, 0.15) is 305 Å². The molecule has 8 fully saturated rings. The molecule has 8 saturated carbocycles. The van der Waals surface area contributed by atoms with Gasteiger partial charge in [-0.3, -0.25) is 33.6 Å². The van der Waals surface area contributed by atoms with Crippen molar-refractivity contribution in [1.29, 1.82) is 0 Å². The zero-order chi connectivity index (χ0) is 82.9. The van der Waals surface area contributed by atoms with Crippen LogP contribution in [0.2, 0.25) is 10.0 Å². The van der Waals surface area contributed by atoms with Gasteiger partial charge in [0.2, 0.25) is 5.91 Å². The molecule has 10 aliphatic rings. The van der Waals surface area contributed by atoms with Crippen LogP contribution in [-0.2, 0) is 56.1 Å². The number of carboxylic acid groups (broad SMARTS) is 2. The molecule has 112 heavy (non-hydrogen) atoms. The van der Waals surface area contributed by atoms with E-state index in [0.29, 0.717) is 78.0 Å². The molecule has 0 heterocycles. The van der Waals surface area contributed by atoms with Gasteiger partial charge in [0.25, 0.3) is 0 Å². The van der Waals surface area contributed by atoms with E-state index in [0.717, 1.165) is 144 Å². The van der Waals surface area contributed by atoms with Gasteiger partial charge in [0.05, 0.1) is 23.7 Å². The Labute approximate surface area is 684 Å². The highest BCUT2D eigenvalue weighted by molar-refractivity contribution is 6.30. The molecule has 2 aromatic carbocycles. The van der Waals surface area contributed by atoms with Crippen LogP contribution in [-0.4, -0.2) is 106 Å². The summed E-state index contributed by atoms with van der Waals surface area (Å²) in [6.07, 6.45) is 19.2. The molecule has 1 amide bonds. The number of ether oxygens (including phenoxy) is 2. The zero-order valence-corrected chi connectivity index (χ0v) is 74.6. The monoisotopic (exact) mass is 1590 g/mol. The molecule has 0 aromatic heterocycles. The van der Waals surface area contributed by atoms with Gasteiger partial charge in [-0.2, -0.15) is 0 Å². The van der Waals surface area contributed by atoms with Crippen molar-refractivity contribution in [1.82, 2.24) is 15.1 Å². The molecular weight excluding hydrogens is 1440 g/mol. The van der Waals surface area contributed by atoms with E-state index in [1.54, 1.807) is 34.6 Å². The van der Waals surface area contributed by atoms with Gasteiger partial charge in [-0.15, -0.1) is 0 Å². The van der Waals surface area contributed by atoms with Gasteiger partial charge in [0.15, 0.2) is 11.6 Å². The number of carbonyl (C=O) groups excluding carboxylic acids is 5. The summed E-state index contributed by atoms with van der Waals surface area (Å²) in [6.45, 7) is 54.4. The molecule has 2 aromatic rings. The van der Waals surface area contributed by atoms with Crippen LogP contribution >= 0.6 is 23.2 Å². The van der Waals surface area contributed by atoms with Gasteiger partial charge in [0.1, 0.15) is 12.2 Å². The Morgan fingerprint density at radius 1 is 0.509 bits per heavy atom. The number of carbonyl (C=O) groups is 7. The number of fused-ring (bicyclic) bond motifs is 14. The van der Waals surface area contributed by atoms with E-state index in [9.17, 15) is 43.8 Å². The minimum atomic E-state index is -1.16. The minimum absolute atomic E-state index is 0.0347. The highest BCUT2D eigenvalue weighted by atomic mass is 35.5. The molecule has 0 aliphatic heterocycles. The predicted molar refractivity (Wildman–Crippen MR) is 449 cm³/mol. The fourth-order valence-corrected chi connectivity index (χ4v) is 27.3. The number of halogens is 2. The Hall–Kier alpha value is -4.89. The molecule has 16 atom stereocenters. The van der Waals surface area contributed by atoms with E-state index in [1.165, 1.54) is 42.8 Å². The summed E-state index contributed by atoms with van der Waals surface area (Å²) in [5.41, 5.74) is 5.05. The van der Waals surface area contributed by atoms with Crippen molar-refractivity contribution in [3.8, 4) is 0 Å². The first-order valence-corrected chi connectivity index (χ1v) is 44.4. The fraction of sp³-hybridized carbons (Fsp3) is 0.760. The van der Waals surface area contributed by atoms with Crippen LogP contribution in [0, 0.1) is 112 Å². The largest absolute Gasteiger partial charge is 0.481 e. The molecule has 0 radical (unpaired) electrons. The molecule has 16 heteroatoms. The van der Waals surface area contributed by atoms with E-state index in [4.69, 9.17) is 32.7 Å². The first-order valence-electron chi connectivity index (χ1n) is 43.7. The van der Waals surface area contributed by atoms with Crippen LogP contribution in [0.3, 0.4) is 0 Å². The maximum atomic E-state index is 14.1. The number of rotatable bonds is 23. The summed E-state index contributed by atoms with van der Waals surface area (Å²) in [5.74, 6) is 0.990. The summed E-state index contributed by atoms with van der Waals surface area (Å²) < 4.78 is 12.4. The lowest BCUT2D eigenvalue weighted by Crippen LogP contribution is -2.65. The number of nitrogens with zero attached hydrogens (tertiary/aromatic N) is 2. The molecule has 0 saturated heterocycles. The Bertz CT molecular complexity index is 3880. The molecule has 0 bridgehead atoms. The van der Waals surface area contributed by atoms with E-state index >= 15 is 0 Å². The number of carboxylic acids is 2. The standard InChI is InChI=1S/C46H66ClNO6.C44H64ClNO5.C6H15N/c1-28(2)38-33(50)25-46(23-24-48(29(3)49)27-30-11-13-31(47)14-12-30)22-21-44(9)32(39(38)46)15-16-35-43(8)19-18-36(54-37(51)26-41(4,5)40(52)53)42(6,7)34(43)17-20-45(35,44)10;1-27(2)36-31(47)24-44(22-23-46-26-28-10-12-29(45)13-11-28)21-20-42(8)30(37(36)44)14-15-33-41(7)18-17-34(51-35(48)25-39(3,4)38(49)50)40(5,6)32(41)16-19-43(33,42)9;1-4-7(5-2)6-3/h11-14,28,32,34-36H,15-27H2,1-10H3,(H,52,53);10-13,27,30,32-34,46H,14-26H2,1-9H3,(H,49,50);4-6H2,1-3H3/t32-,34+,35-,36+,43+,44-,45-,46-;30-,32+,33-,34+,41+,42-,43-,44-;/m11./s1. The number of amides is 1. The number of allylic oxidation sites excluding steroid dienone is 4. The third-order valence-electron chi connectivity index (χ3n) is 33.9. The molecular formula is C96H145Cl2N3O11. The molecule has 0 spiro atoms. The number of hydrogen-bond donors (Lipinski definition) is 3. The molecule has 10 aliphatic carbocycles. The summed E-state index contributed by atoms with van der Waals surface area (Å²) in [4.78, 5) is 95.2. The quantitative estimate of drug-likeness (QED) is 0.0703. The average molecular weight is 1590 g/mol. The first kappa shape index (κ1) is 89.5. The smallest absolute Gasteiger partial charge is 0.309 e. The topological polar surface area (TPSA) is 197 Å². The number of hydrogen-bond acceptors (Lipinski definition) is 11. The van der Waals surface area contributed by atoms with Crippen molar-refractivity contribution in [2.75, 3.05) is 32.7 Å². The van der Waals surface area contributed by atoms with Crippen LogP contribution in [0.4, 0.5) is 0 Å². The van der Waals surface area contributed by atoms with Crippen LogP contribution in [0.15, 0.2) is 70.8 Å². The Balaban J connectivity index is 0.000000219. The van der Waals surface area contributed by atoms with E-state index < -0.39 is 34.7 Å². The highest BCUT2D eigenvalue weighted by Crippen LogP contribution is 2.79. The second kappa shape index (κ2) is 33.1. The lowest BCUT2D eigenvalue weighted by Gasteiger charge is -2.72. The number of esters is 2. The highest BCUT2D eigenvalue weighted by Gasteiger charge is 2.73. The summed E-state index contributed by atoms with van der Waals surface area (Å²) in [6, 6.07) is 15.8. The van der Waals surface area contributed by atoms with Crippen LogP contribution in [0.5, 0.6) is 0 Å². The van der Waals surface area contributed by atoms with Gasteiger partial charge in [-0.05, 0) is 296 Å². The molecule has 12 rings (SSSR count). The fourth-order valence-electron chi connectivity index (χ4n) is 27.1. The summed E-state index contributed by atoms with van der Waals surface area (Å²) in [5, 5.41) is 24.4. The normalized spacial score (nSPS) is 34.9. The molecule has 624 valence electrons. The average Bonchev–Trinajstić information content (AvgIpc) is 0.966. The lowest BCUT2D eigenvalue weighted by molar-refractivity contribution is -0.233. The number of aliphatic carboxylic acids is 2. The maximum Gasteiger partial charge on any atom is 0.309 e. The number of nitrogens with one attached hydrogen (secondary N) is 1. The zero-order valence-electron chi connectivity index (χ0n) is 73.1. The third-order valence-corrected chi connectivity index (χ3v) is 34.4. The second-order valence-electron chi connectivity index (χ2n) is 41.9. The van der Waals surface area contributed by atoms with Gasteiger partial charge >= 0.3 is 23.9 Å². The lowest BCUT2D eigenvalue weighted by atomic mass is 9.33. The predicted octanol–water partition coefficient (Wildman–Crippen LogP) is 22.0. The van der Waals surface area contributed by atoms with Crippen LogP contribution < -0.4 is 5.32 Å². The van der Waals surface area contributed by atoms with Crippen molar-refractivity contribution < 1.29 is 53.2 Å². The maximum absolute atomic E-state index is 14.1. The number of benzene rings is 2. The van der Waals surface area contributed by atoms with Crippen molar-refractivity contribution in [3.63, 3.8) is 0 Å². The van der Waals surface area contributed by atoms with Crippen LogP contribution in [0.25, 0.3) is 0 Å². The Morgan fingerprint density at radius 3 is 1.25 bits per heavy atom. The Kier molecular flexibility index (Phi) is 26.5. The van der Waals surface area contributed by atoms with Gasteiger partial charge in [-0.25, -0.2) is 0 Å².